The zero-order chi connectivity index (χ0) is 35.8. The Hall–Kier alpha value is -7.17. The summed E-state index contributed by atoms with van der Waals surface area (Å²) in [4.78, 5) is 15.4. The van der Waals surface area contributed by atoms with Crippen LogP contribution in [0, 0.1) is 0 Å². The van der Waals surface area contributed by atoms with Gasteiger partial charge in [-0.1, -0.05) is 182 Å². The van der Waals surface area contributed by atoms with Crippen molar-refractivity contribution < 1.29 is 0 Å². The van der Waals surface area contributed by atoms with Gasteiger partial charge >= 0.3 is 0 Å². The molecule has 0 fully saturated rings. The van der Waals surface area contributed by atoms with Crippen LogP contribution in [0.5, 0.6) is 0 Å². The molecule has 0 bridgehead atoms. The number of hydrogen-bond donors (Lipinski definition) is 1. The van der Waals surface area contributed by atoms with Gasteiger partial charge in [0, 0.05) is 28.1 Å². The lowest BCUT2D eigenvalue weighted by atomic mass is 9.92. The molecule has 1 aliphatic rings. The van der Waals surface area contributed by atoms with Crippen LogP contribution >= 0.6 is 0 Å². The zero-order valence-electron chi connectivity index (χ0n) is 29.4. The third-order valence-electron chi connectivity index (χ3n) is 10.4. The molecule has 1 aliphatic heterocycles. The van der Waals surface area contributed by atoms with Crippen LogP contribution in [0.1, 0.15) is 22.9 Å². The second-order valence-corrected chi connectivity index (χ2v) is 13.6. The molecule has 9 aromatic rings. The van der Waals surface area contributed by atoms with E-state index in [4.69, 9.17) is 15.0 Å². The molecule has 0 saturated carbocycles. The summed E-state index contributed by atoms with van der Waals surface area (Å²) in [7, 11) is 0. The van der Waals surface area contributed by atoms with Crippen LogP contribution in [-0.4, -0.2) is 16.7 Å². The van der Waals surface area contributed by atoms with Crippen LogP contribution < -0.4 is 5.32 Å². The maximum absolute atomic E-state index is 5.29. The molecular formula is C50H34N4. The number of amidine groups is 2. The fourth-order valence-corrected chi connectivity index (χ4v) is 7.70. The maximum Gasteiger partial charge on any atom is 0.169 e. The molecule has 0 aliphatic carbocycles. The fraction of sp³-hybridized carbons (Fsp3) is 0.0200. The minimum atomic E-state index is -0.440. The lowest BCUT2D eigenvalue weighted by Crippen LogP contribution is -2.36. The van der Waals surface area contributed by atoms with E-state index in [1.165, 1.54) is 32.7 Å². The van der Waals surface area contributed by atoms with Crippen molar-refractivity contribution in [2.75, 3.05) is 0 Å². The standard InChI is InChI=1S/C50H34N4/c1-3-11-33(12-4-1)34-20-28-40(29-21-34)48-52-49(54-50(53-48)44-18-8-7-17-42(44)35-13-5-2-6-14-35)41-30-22-36(23-31-41)43-19-9-15-37-24-25-38-26-27-39-16-10-32-51-47(39)46(38)45(37)43/h1-32,49H,(H,52,53,54). The van der Waals surface area contributed by atoms with E-state index < -0.39 is 6.17 Å². The number of nitrogens with one attached hydrogen (secondary N) is 1. The number of fused-ring (bicyclic) bond motifs is 5. The van der Waals surface area contributed by atoms with E-state index in [0.29, 0.717) is 0 Å². The Morgan fingerprint density at radius 2 is 0.889 bits per heavy atom. The number of aliphatic imine (C=N–C) groups is 2. The Balaban J connectivity index is 1.08. The molecule has 1 atom stereocenters. The van der Waals surface area contributed by atoms with E-state index >= 15 is 0 Å². The highest BCUT2D eigenvalue weighted by molar-refractivity contribution is 6.23. The van der Waals surface area contributed by atoms with Gasteiger partial charge in [0.2, 0.25) is 0 Å². The first-order valence-corrected chi connectivity index (χ1v) is 18.3. The summed E-state index contributed by atoms with van der Waals surface area (Å²) in [6.07, 6.45) is 1.45. The predicted molar refractivity (Wildman–Crippen MR) is 225 cm³/mol. The highest BCUT2D eigenvalue weighted by atomic mass is 15.2. The van der Waals surface area contributed by atoms with E-state index in [9.17, 15) is 0 Å². The molecule has 254 valence electrons. The van der Waals surface area contributed by atoms with Crippen LogP contribution in [0.25, 0.3) is 65.8 Å². The van der Waals surface area contributed by atoms with Gasteiger partial charge in [-0.15, -0.1) is 0 Å². The summed E-state index contributed by atoms with van der Waals surface area (Å²) in [6.45, 7) is 0. The zero-order valence-corrected chi connectivity index (χ0v) is 29.4. The summed E-state index contributed by atoms with van der Waals surface area (Å²) in [6, 6.07) is 66.2. The minimum absolute atomic E-state index is 0.440. The van der Waals surface area contributed by atoms with Gasteiger partial charge in [-0.05, 0) is 61.2 Å². The Labute approximate surface area is 313 Å². The van der Waals surface area contributed by atoms with E-state index in [-0.39, 0.29) is 0 Å². The molecule has 1 N–H and O–H groups in total. The number of aromatic nitrogens is 1. The lowest BCUT2D eigenvalue weighted by molar-refractivity contribution is 0.756. The molecule has 0 radical (unpaired) electrons. The highest BCUT2D eigenvalue weighted by Gasteiger charge is 2.23. The molecule has 1 aromatic heterocycles. The Morgan fingerprint density at radius 3 is 1.65 bits per heavy atom. The topological polar surface area (TPSA) is 49.6 Å². The Bertz CT molecular complexity index is 2870. The van der Waals surface area contributed by atoms with Crippen LogP contribution in [0.15, 0.2) is 204 Å². The normalized spacial score (nSPS) is 14.1. The maximum atomic E-state index is 5.29. The van der Waals surface area contributed by atoms with Gasteiger partial charge in [-0.3, -0.25) is 4.98 Å². The van der Waals surface area contributed by atoms with Crippen molar-refractivity contribution >= 4 is 44.1 Å². The van der Waals surface area contributed by atoms with Crippen molar-refractivity contribution in [3.63, 3.8) is 0 Å². The number of pyridine rings is 1. The molecule has 4 nitrogen and oxygen atoms in total. The lowest BCUT2D eigenvalue weighted by Gasteiger charge is -2.24. The van der Waals surface area contributed by atoms with Crippen molar-refractivity contribution in [2.45, 2.75) is 6.17 Å². The van der Waals surface area contributed by atoms with Crippen molar-refractivity contribution in [3.8, 4) is 33.4 Å². The molecule has 1 unspecified atom stereocenters. The second-order valence-electron chi connectivity index (χ2n) is 13.6. The Kier molecular flexibility index (Phi) is 7.85. The molecule has 54 heavy (non-hydrogen) atoms. The summed E-state index contributed by atoms with van der Waals surface area (Å²) in [5.74, 6) is 1.58. The van der Waals surface area contributed by atoms with Gasteiger partial charge in [-0.2, -0.15) is 0 Å². The van der Waals surface area contributed by atoms with Crippen molar-refractivity contribution in [1.82, 2.24) is 10.3 Å². The van der Waals surface area contributed by atoms with E-state index in [1.54, 1.807) is 0 Å². The van der Waals surface area contributed by atoms with E-state index in [0.717, 1.165) is 61.5 Å². The van der Waals surface area contributed by atoms with Gasteiger partial charge < -0.3 is 5.32 Å². The molecule has 10 rings (SSSR count). The van der Waals surface area contributed by atoms with Gasteiger partial charge in [-0.25, -0.2) is 9.98 Å². The summed E-state index contributed by atoms with van der Waals surface area (Å²) >= 11 is 0. The number of benzene rings is 8. The molecule has 8 aromatic carbocycles. The summed E-state index contributed by atoms with van der Waals surface area (Å²) < 4.78 is 0. The largest absolute Gasteiger partial charge is 0.324 e. The number of hydrogen-bond acceptors (Lipinski definition) is 4. The number of nitrogens with zero attached hydrogens (tertiary/aromatic N) is 3. The van der Waals surface area contributed by atoms with Crippen molar-refractivity contribution in [3.05, 3.63) is 211 Å². The van der Waals surface area contributed by atoms with Crippen molar-refractivity contribution in [1.29, 1.82) is 0 Å². The molecule has 0 spiro atoms. The smallest absolute Gasteiger partial charge is 0.169 e. The monoisotopic (exact) mass is 690 g/mol. The summed E-state index contributed by atoms with van der Waals surface area (Å²) in [5, 5.41) is 9.55. The third-order valence-corrected chi connectivity index (χ3v) is 10.4. The van der Waals surface area contributed by atoms with Gasteiger partial charge in [0.25, 0.3) is 0 Å². The number of rotatable bonds is 6. The van der Waals surface area contributed by atoms with E-state index in [2.05, 4.69) is 175 Å². The second kappa shape index (κ2) is 13.4. The van der Waals surface area contributed by atoms with Gasteiger partial charge in [0.1, 0.15) is 11.7 Å². The average molecular weight is 691 g/mol. The van der Waals surface area contributed by atoms with Crippen LogP contribution in [-0.2, 0) is 0 Å². The molecule has 0 saturated heterocycles. The molecular weight excluding hydrogens is 657 g/mol. The predicted octanol–water partition coefficient (Wildman–Crippen LogP) is 12.0. The summed E-state index contributed by atoms with van der Waals surface area (Å²) in [5.41, 5.74) is 11.0. The fourth-order valence-electron chi connectivity index (χ4n) is 7.70. The van der Waals surface area contributed by atoms with Crippen molar-refractivity contribution in [2.24, 2.45) is 9.98 Å². The SMILES string of the molecule is c1ccc(-c2ccc(C3=NC(c4ccc(-c5cccc6ccc7ccc8cccnc8c7c56)cc4)N=C(c4ccccc4-c4ccccc4)N3)cc2)cc1. The quantitative estimate of drug-likeness (QED) is 0.177. The minimum Gasteiger partial charge on any atom is -0.324 e. The molecule has 4 heteroatoms. The van der Waals surface area contributed by atoms with E-state index in [1.807, 2.05) is 24.4 Å². The Morgan fingerprint density at radius 1 is 0.352 bits per heavy atom. The highest BCUT2D eigenvalue weighted by Crippen LogP contribution is 2.38. The molecule has 0 amide bonds. The van der Waals surface area contributed by atoms with Crippen LogP contribution in [0.2, 0.25) is 0 Å². The first-order chi connectivity index (χ1) is 26.8. The van der Waals surface area contributed by atoms with Crippen LogP contribution in [0.3, 0.4) is 0 Å². The molecule has 2 heterocycles. The van der Waals surface area contributed by atoms with Gasteiger partial charge in [0.15, 0.2) is 6.17 Å². The average Bonchev–Trinajstić information content (AvgIpc) is 3.26. The first-order valence-electron chi connectivity index (χ1n) is 18.3. The first kappa shape index (κ1) is 31.6. The van der Waals surface area contributed by atoms with Crippen LogP contribution in [0.4, 0.5) is 0 Å². The van der Waals surface area contributed by atoms with Gasteiger partial charge in [0.05, 0.1) is 5.52 Å². The third kappa shape index (κ3) is 5.71.